The van der Waals surface area contributed by atoms with Gasteiger partial charge in [0, 0.05) is 25.2 Å². The zero-order chi connectivity index (χ0) is 12.7. The second-order valence-corrected chi connectivity index (χ2v) is 5.89. The predicted molar refractivity (Wildman–Crippen MR) is 76.4 cm³/mol. The summed E-state index contributed by atoms with van der Waals surface area (Å²) in [6.45, 7) is 12.8. The van der Waals surface area contributed by atoms with E-state index >= 15 is 0 Å². The van der Waals surface area contributed by atoms with Crippen molar-refractivity contribution in [2.75, 3.05) is 19.6 Å². The third-order valence-electron chi connectivity index (χ3n) is 4.02. The van der Waals surface area contributed by atoms with E-state index < -0.39 is 0 Å². The summed E-state index contributed by atoms with van der Waals surface area (Å²) in [5.74, 6) is 0.994. The summed E-state index contributed by atoms with van der Waals surface area (Å²) in [4.78, 5) is 2.71. The molecule has 1 fully saturated rings. The second-order valence-electron chi connectivity index (χ2n) is 5.89. The van der Waals surface area contributed by atoms with Gasteiger partial charge in [0.05, 0.1) is 0 Å². The molecule has 2 nitrogen and oxygen atoms in total. The smallest absolute Gasteiger partial charge is 0.0220 e. The highest BCUT2D eigenvalue weighted by atomic mass is 15.2. The number of likely N-dealkylation sites (N-methyl/N-ethyl adjacent to an activating group) is 1. The van der Waals surface area contributed by atoms with E-state index in [2.05, 4.69) is 37.9 Å². The van der Waals surface area contributed by atoms with Gasteiger partial charge in [-0.25, -0.2) is 0 Å². The summed E-state index contributed by atoms with van der Waals surface area (Å²) in [5.41, 5.74) is 0. The van der Waals surface area contributed by atoms with E-state index in [1.807, 2.05) is 0 Å². The van der Waals surface area contributed by atoms with Crippen LogP contribution in [0.4, 0.5) is 0 Å². The molecule has 2 heteroatoms. The first kappa shape index (κ1) is 15.0. The number of nitrogens with zero attached hydrogens (tertiary/aromatic N) is 1. The molecule has 1 rings (SSSR count). The lowest BCUT2D eigenvalue weighted by Gasteiger charge is -2.37. The standard InChI is InChI=1S/C15H32N2/c1-5-8-15(11-16-13(3)4)17(6-2)12-14-9-7-10-14/h13-16H,5-12H2,1-4H3. The molecule has 1 atom stereocenters. The fraction of sp³-hybridized carbons (Fsp3) is 1.00. The SMILES string of the molecule is CCCC(CNC(C)C)N(CC)CC1CCC1. The number of hydrogen-bond donors (Lipinski definition) is 1. The maximum absolute atomic E-state index is 3.61. The molecule has 1 aliphatic rings. The van der Waals surface area contributed by atoms with E-state index in [9.17, 15) is 0 Å². The van der Waals surface area contributed by atoms with Gasteiger partial charge in [-0.3, -0.25) is 4.90 Å². The van der Waals surface area contributed by atoms with Crippen LogP contribution in [0.1, 0.15) is 59.8 Å². The van der Waals surface area contributed by atoms with Gasteiger partial charge < -0.3 is 5.32 Å². The van der Waals surface area contributed by atoms with Gasteiger partial charge in [-0.05, 0) is 31.7 Å². The van der Waals surface area contributed by atoms with Crippen LogP contribution in [0.2, 0.25) is 0 Å². The molecule has 0 aromatic heterocycles. The van der Waals surface area contributed by atoms with Crippen molar-refractivity contribution in [2.45, 2.75) is 71.9 Å². The maximum atomic E-state index is 3.61. The minimum Gasteiger partial charge on any atom is -0.313 e. The van der Waals surface area contributed by atoms with Crippen LogP contribution in [0.5, 0.6) is 0 Å². The molecule has 0 aromatic rings. The van der Waals surface area contributed by atoms with Crippen LogP contribution in [0, 0.1) is 5.92 Å². The number of hydrogen-bond acceptors (Lipinski definition) is 2. The van der Waals surface area contributed by atoms with Gasteiger partial charge in [0.1, 0.15) is 0 Å². The van der Waals surface area contributed by atoms with E-state index in [0.717, 1.165) is 18.5 Å². The lowest BCUT2D eigenvalue weighted by Crippen LogP contribution is -2.46. The lowest BCUT2D eigenvalue weighted by molar-refractivity contribution is 0.129. The van der Waals surface area contributed by atoms with E-state index in [0.29, 0.717) is 6.04 Å². The zero-order valence-corrected chi connectivity index (χ0v) is 12.3. The highest BCUT2D eigenvalue weighted by molar-refractivity contribution is 4.79. The Balaban J connectivity index is 2.39. The van der Waals surface area contributed by atoms with E-state index in [1.165, 1.54) is 45.2 Å². The van der Waals surface area contributed by atoms with Crippen LogP contribution in [0.25, 0.3) is 0 Å². The van der Waals surface area contributed by atoms with Gasteiger partial charge in [0.2, 0.25) is 0 Å². The van der Waals surface area contributed by atoms with Gasteiger partial charge in [0.15, 0.2) is 0 Å². The van der Waals surface area contributed by atoms with Crippen LogP contribution in [-0.2, 0) is 0 Å². The van der Waals surface area contributed by atoms with Crippen LogP contribution >= 0.6 is 0 Å². The predicted octanol–water partition coefficient (Wildman–Crippen LogP) is 3.28. The molecule has 1 saturated carbocycles. The third kappa shape index (κ3) is 5.39. The van der Waals surface area contributed by atoms with Gasteiger partial charge in [0.25, 0.3) is 0 Å². The van der Waals surface area contributed by atoms with Gasteiger partial charge in [-0.15, -0.1) is 0 Å². The summed E-state index contributed by atoms with van der Waals surface area (Å²) < 4.78 is 0. The fourth-order valence-electron chi connectivity index (χ4n) is 2.66. The third-order valence-corrected chi connectivity index (χ3v) is 4.02. The molecule has 0 heterocycles. The van der Waals surface area contributed by atoms with Crippen molar-refractivity contribution in [1.82, 2.24) is 10.2 Å². The van der Waals surface area contributed by atoms with E-state index in [4.69, 9.17) is 0 Å². The second kappa shape index (κ2) is 8.10. The van der Waals surface area contributed by atoms with Crippen LogP contribution in [0.15, 0.2) is 0 Å². The first-order valence-corrected chi connectivity index (χ1v) is 7.64. The Morgan fingerprint density at radius 2 is 1.94 bits per heavy atom. The molecule has 102 valence electrons. The Labute approximate surface area is 108 Å². The van der Waals surface area contributed by atoms with Crippen LogP contribution < -0.4 is 5.32 Å². The summed E-state index contributed by atoms with van der Waals surface area (Å²) in [6.07, 6.45) is 7.02. The Bertz CT molecular complexity index is 187. The monoisotopic (exact) mass is 240 g/mol. The average Bonchev–Trinajstić information content (AvgIpc) is 2.23. The average molecular weight is 240 g/mol. The molecule has 1 aliphatic carbocycles. The normalized spacial score (nSPS) is 18.7. The highest BCUT2D eigenvalue weighted by Crippen LogP contribution is 2.28. The Morgan fingerprint density at radius 1 is 1.24 bits per heavy atom. The molecule has 0 bridgehead atoms. The number of rotatable bonds is 9. The molecule has 17 heavy (non-hydrogen) atoms. The summed E-state index contributed by atoms with van der Waals surface area (Å²) >= 11 is 0. The topological polar surface area (TPSA) is 15.3 Å². The van der Waals surface area contributed by atoms with Crippen molar-refractivity contribution in [1.29, 1.82) is 0 Å². The van der Waals surface area contributed by atoms with Crippen molar-refractivity contribution in [3.8, 4) is 0 Å². The number of nitrogens with one attached hydrogen (secondary N) is 1. The molecular weight excluding hydrogens is 208 g/mol. The van der Waals surface area contributed by atoms with Gasteiger partial charge >= 0.3 is 0 Å². The molecule has 0 saturated heterocycles. The fourth-order valence-corrected chi connectivity index (χ4v) is 2.66. The van der Waals surface area contributed by atoms with Crippen molar-refractivity contribution in [3.05, 3.63) is 0 Å². The van der Waals surface area contributed by atoms with E-state index in [-0.39, 0.29) is 0 Å². The van der Waals surface area contributed by atoms with Crippen molar-refractivity contribution < 1.29 is 0 Å². The van der Waals surface area contributed by atoms with Crippen molar-refractivity contribution >= 4 is 0 Å². The highest BCUT2D eigenvalue weighted by Gasteiger charge is 2.24. The Hall–Kier alpha value is -0.0800. The summed E-state index contributed by atoms with van der Waals surface area (Å²) in [5, 5.41) is 3.61. The van der Waals surface area contributed by atoms with Gasteiger partial charge in [-0.1, -0.05) is 40.5 Å². The zero-order valence-electron chi connectivity index (χ0n) is 12.3. The largest absolute Gasteiger partial charge is 0.313 e. The van der Waals surface area contributed by atoms with Crippen LogP contribution in [-0.4, -0.2) is 36.6 Å². The minimum absolute atomic E-state index is 0.608. The molecule has 0 aromatic carbocycles. The molecule has 0 spiro atoms. The molecule has 0 amide bonds. The molecule has 0 radical (unpaired) electrons. The molecular formula is C15H32N2. The van der Waals surface area contributed by atoms with Gasteiger partial charge in [-0.2, -0.15) is 0 Å². The van der Waals surface area contributed by atoms with Crippen molar-refractivity contribution in [3.63, 3.8) is 0 Å². The lowest BCUT2D eigenvalue weighted by atomic mass is 9.84. The summed E-state index contributed by atoms with van der Waals surface area (Å²) in [7, 11) is 0. The van der Waals surface area contributed by atoms with E-state index in [1.54, 1.807) is 0 Å². The minimum atomic E-state index is 0.608. The Kier molecular flexibility index (Phi) is 7.14. The maximum Gasteiger partial charge on any atom is 0.0220 e. The van der Waals surface area contributed by atoms with Crippen LogP contribution in [0.3, 0.4) is 0 Å². The molecule has 0 aliphatic heterocycles. The first-order chi connectivity index (χ1) is 8.17. The Morgan fingerprint density at radius 3 is 2.35 bits per heavy atom. The van der Waals surface area contributed by atoms with Crippen molar-refractivity contribution in [2.24, 2.45) is 5.92 Å². The molecule has 1 N–H and O–H groups in total. The molecule has 1 unspecified atom stereocenters. The summed E-state index contributed by atoms with van der Waals surface area (Å²) in [6, 6.07) is 1.35. The quantitative estimate of drug-likeness (QED) is 0.665. The first-order valence-electron chi connectivity index (χ1n) is 7.64.